The fourth-order valence-electron chi connectivity index (χ4n) is 3.34. The highest BCUT2D eigenvalue weighted by atomic mass is 32.2. The molecule has 0 bridgehead atoms. The third-order valence-corrected chi connectivity index (χ3v) is 7.38. The van der Waals surface area contributed by atoms with Gasteiger partial charge in [-0.15, -0.1) is 16.9 Å². The lowest BCUT2D eigenvalue weighted by Gasteiger charge is -2.49. The molecular weight excluding hydrogens is 442 g/mol. The molecule has 1 fully saturated rings. The molecule has 2 aromatic rings. The number of aromatic nitrogens is 4. The number of amides is 2. The van der Waals surface area contributed by atoms with Gasteiger partial charge in [-0.25, -0.2) is 9.48 Å². The van der Waals surface area contributed by atoms with Gasteiger partial charge in [-0.2, -0.15) is 0 Å². The minimum Gasteiger partial charge on any atom is -0.477 e. The second kappa shape index (κ2) is 8.69. The van der Waals surface area contributed by atoms with Crippen molar-refractivity contribution in [3.63, 3.8) is 0 Å². The van der Waals surface area contributed by atoms with Gasteiger partial charge in [0, 0.05) is 18.6 Å². The minimum atomic E-state index is -1.18. The Morgan fingerprint density at radius 3 is 2.77 bits per heavy atom. The first kappa shape index (κ1) is 21.3. The number of tetrazole rings is 1. The maximum atomic E-state index is 12.8. The van der Waals surface area contributed by atoms with Crippen molar-refractivity contribution in [1.29, 1.82) is 0 Å². The van der Waals surface area contributed by atoms with Gasteiger partial charge in [0.25, 0.3) is 5.91 Å². The van der Waals surface area contributed by atoms with Crippen molar-refractivity contribution in [2.24, 2.45) is 12.8 Å². The molecule has 31 heavy (non-hydrogen) atoms. The van der Waals surface area contributed by atoms with Crippen LogP contribution in [0.2, 0.25) is 0 Å². The Balaban J connectivity index is 1.46. The largest absolute Gasteiger partial charge is 0.477 e. The van der Waals surface area contributed by atoms with E-state index >= 15 is 0 Å². The molecule has 0 spiro atoms. The summed E-state index contributed by atoms with van der Waals surface area (Å²) in [5.41, 5.74) is 7.19. The van der Waals surface area contributed by atoms with Crippen molar-refractivity contribution in [3.05, 3.63) is 47.2 Å². The van der Waals surface area contributed by atoms with Crippen molar-refractivity contribution < 1.29 is 19.5 Å². The molecule has 2 aliphatic rings. The second-order valence-electron chi connectivity index (χ2n) is 6.92. The summed E-state index contributed by atoms with van der Waals surface area (Å²) in [6.45, 7) is 0. The third kappa shape index (κ3) is 4.03. The molecule has 2 aliphatic heterocycles. The van der Waals surface area contributed by atoms with Crippen LogP contribution in [0.4, 0.5) is 0 Å². The summed E-state index contributed by atoms with van der Waals surface area (Å²) in [7, 11) is 1.69. The normalized spacial score (nSPS) is 21.4. The number of hydrogen-bond donors (Lipinski definition) is 3. The van der Waals surface area contributed by atoms with Gasteiger partial charge in [0.2, 0.25) is 11.1 Å². The van der Waals surface area contributed by atoms with Crippen molar-refractivity contribution in [1.82, 2.24) is 30.4 Å². The quantitative estimate of drug-likeness (QED) is 0.371. The molecular formula is C18H19N7O4S2. The van der Waals surface area contributed by atoms with Crippen LogP contribution in [0, 0.1) is 0 Å². The van der Waals surface area contributed by atoms with E-state index in [1.807, 2.05) is 6.07 Å². The maximum absolute atomic E-state index is 12.8. The Morgan fingerprint density at radius 1 is 1.39 bits per heavy atom. The maximum Gasteiger partial charge on any atom is 0.352 e. The average molecular weight is 462 g/mol. The molecule has 162 valence electrons. The SMILES string of the molecule is Cn1nnnc1SCC1=C(C(=O)O)N2C(=O)[C@@H](NC(=O)C(N)c3ccccc3)[C@@H]2SC1. The van der Waals surface area contributed by atoms with Crippen LogP contribution in [-0.4, -0.2) is 70.9 Å². The Morgan fingerprint density at radius 2 is 2.13 bits per heavy atom. The number of β-lactam (4-membered cyclic amide) rings is 1. The number of fused-ring (bicyclic) bond motifs is 1. The summed E-state index contributed by atoms with van der Waals surface area (Å²) in [6.07, 6.45) is 0. The van der Waals surface area contributed by atoms with Crippen LogP contribution in [0.1, 0.15) is 11.6 Å². The molecule has 13 heteroatoms. The summed E-state index contributed by atoms with van der Waals surface area (Å²) >= 11 is 2.69. The summed E-state index contributed by atoms with van der Waals surface area (Å²) in [5.74, 6) is -1.40. The van der Waals surface area contributed by atoms with E-state index in [2.05, 4.69) is 20.8 Å². The topological polar surface area (TPSA) is 156 Å². The number of thioether (sulfide) groups is 2. The first-order valence-electron chi connectivity index (χ1n) is 9.24. The number of carboxylic acid groups (broad SMARTS) is 1. The molecule has 1 unspecified atom stereocenters. The van der Waals surface area contributed by atoms with Gasteiger partial charge in [0.05, 0.1) is 0 Å². The minimum absolute atomic E-state index is 0.0470. The molecule has 1 aromatic heterocycles. The lowest BCUT2D eigenvalue weighted by molar-refractivity contribution is -0.150. The van der Waals surface area contributed by atoms with E-state index in [1.165, 1.54) is 33.1 Å². The van der Waals surface area contributed by atoms with Gasteiger partial charge < -0.3 is 16.2 Å². The predicted octanol–water partition coefficient (Wildman–Crippen LogP) is -0.259. The Labute approximate surface area is 185 Å². The summed E-state index contributed by atoms with van der Waals surface area (Å²) < 4.78 is 1.49. The average Bonchev–Trinajstić information content (AvgIpc) is 3.19. The van der Waals surface area contributed by atoms with E-state index in [0.29, 0.717) is 27.8 Å². The van der Waals surface area contributed by atoms with Crippen molar-refractivity contribution in [3.8, 4) is 0 Å². The number of rotatable bonds is 7. The van der Waals surface area contributed by atoms with Gasteiger partial charge in [-0.3, -0.25) is 14.5 Å². The number of hydrogen-bond acceptors (Lipinski definition) is 9. The standard InChI is InChI=1S/C18H19N7O4S2/c1-24-18(21-22-23-24)31-8-10-7-30-16-12(15(27)25(16)13(10)17(28)29)20-14(26)11(19)9-5-3-2-4-6-9/h2-6,11-12,16H,7-8,19H2,1H3,(H,20,26)(H,28,29)/t11?,12-,16+/m1/s1. The van der Waals surface area contributed by atoms with Crippen LogP contribution >= 0.6 is 23.5 Å². The number of benzene rings is 1. The highest BCUT2D eigenvalue weighted by molar-refractivity contribution is 8.01. The Bertz CT molecular complexity index is 1060. The zero-order chi connectivity index (χ0) is 22.1. The smallest absolute Gasteiger partial charge is 0.352 e. The van der Waals surface area contributed by atoms with Crippen LogP contribution in [0.3, 0.4) is 0 Å². The second-order valence-corrected chi connectivity index (χ2v) is 8.96. The van der Waals surface area contributed by atoms with E-state index in [1.54, 1.807) is 31.3 Å². The van der Waals surface area contributed by atoms with E-state index < -0.39 is 35.2 Å². The van der Waals surface area contributed by atoms with Crippen LogP contribution in [0.15, 0.2) is 46.8 Å². The van der Waals surface area contributed by atoms with Crippen molar-refractivity contribution in [2.75, 3.05) is 11.5 Å². The van der Waals surface area contributed by atoms with Gasteiger partial charge in [-0.05, 0) is 21.6 Å². The summed E-state index contributed by atoms with van der Waals surface area (Å²) in [6, 6.07) is 7.09. The number of carbonyl (C=O) groups excluding carboxylic acids is 2. The first-order chi connectivity index (χ1) is 14.9. The molecule has 2 amide bonds. The number of carbonyl (C=O) groups is 3. The van der Waals surface area contributed by atoms with Gasteiger partial charge >= 0.3 is 5.97 Å². The number of nitrogens with zero attached hydrogens (tertiary/aromatic N) is 5. The number of aryl methyl sites for hydroxylation is 1. The monoisotopic (exact) mass is 461 g/mol. The molecule has 4 rings (SSSR count). The molecule has 4 N–H and O–H groups in total. The molecule has 1 aromatic carbocycles. The van der Waals surface area contributed by atoms with E-state index in [4.69, 9.17) is 5.73 Å². The third-order valence-electron chi connectivity index (χ3n) is 4.95. The Hall–Kier alpha value is -2.90. The lowest BCUT2D eigenvalue weighted by atomic mass is 10.0. The number of carboxylic acids is 1. The fourth-order valence-corrected chi connectivity index (χ4v) is 5.68. The summed E-state index contributed by atoms with van der Waals surface area (Å²) in [5, 5.41) is 23.6. The molecule has 1 saturated heterocycles. The lowest BCUT2D eigenvalue weighted by Crippen LogP contribution is -2.71. The number of nitrogens with one attached hydrogen (secondary N) is 1. The molecule has 0 radical (unpaired) electrons. The Kier molecular flexibility index (Phi) is 5.98. The number of aliphatic carboxylic acids is 1. The first-order valence-corrected chi connectivity index (χ1v) is 11.3. The van der Waals surface area contributed by atoms with Crippen LogP contribution in [0.25, 0.3) is 0 Å². The van der Waals surface area contributed by atoms with Gasteiger partial charge in [-0.1, -0.05) is 42.1 Å². The van der Waals surface area contributed by atoms with Gasteiger partial charge in [0.15, 0.2) is 0 Å². The van der Waals surface area contributed by atoms with Crippen molar-refractivity contribution in [2.45, 2.75) is 22.6 Å². The fraction of sp³-hybridized carbons (Fsp3) is 0.333. The molecule has 3 atom stereocenters. The predicted molar refractivity (Wildman–Crippen MR) is 113 cm³/mol. The van der Waals surface area contributed by atoms with Gasteiger partial charge in [0.1, 0.15) is 23.2 Å². The van der Waals surface area contributed by atoms with Crippen LogP contribution in [0.5, 0.6) is 0 Å². The van der Waals surface area contributed by atoms with Crippen LogP contribution < -0.4 is 11.1 Å². The van der Waals surface area contributed by atoms with E-state index in [9.17, 15) is 19.5 Å². The molecule has 11 nitrogen and oxygen atoms in total. The van der Waals surface area contributed by atoms with Crippen molar-refractivity contribution >= 4 is 41.3 Å². The van der Waals surface area contributed by atoms with E-state index in [-0.39, 0.29) is 5.70 Å². The summed E-state index contributed by atoms with van der Waals surface area (Å²) in [4.78, 5) is 38.5. The number of nitrogens with two attached hydrogens (primary N) is 1. The highest BCUT2D eigenvalue weighted by Crippen LogP contribution is 2.41. The molecule has 3 heterocycles. The highest BCUT2D eigenvalue weighted by Gasteiger charge is 2.54. The molecule has 0 aliphatic carbocycles. The van der Waals surface area contributed by atoms with Crippen LogP contribution in [-0.2, 0) is 21.4 Å². The molecule has 0 saturated carbocycles. The zero-order valence-corrected chi connectivity index (χ0v) is 18.0. The van der Waals surface area contributed by atoms with E-state index in [0.717, 1.165) is 0 Å². The zero-order valence-electron chi connectivity index (χ0n) is 16.3.